The van der Waals surface area contributed by atoms with Crippen molar-refractivity contribution in [2.45, 2.75) is 44.8 Å². The van der Waals surface area contributed by atoms with Gasteiger partial charge in [-0.15, -0.1) is 0 Å². The maximum absolute atomic E-state index is 12.6. The highest BCUT2D eigenvalue weighted by atomic mass is 16.5. The van der Waals surface area contributed by atoms with Crippen LogP contribution in [0.4, 0.5) is 0 Å². The molecule has 114 valence electrons. The maximum Gasteiger partial charge on any atom is 0.305 e. The zero-order valence-electron chi connectivity index (χ0n) is 12.2. The van der Waals surface area contributed by atoms with Crippen molar-refractivity contribution in [2.24, 2.45) is 0 Å². The lowest BCUT2D eigenvalue weighted by atomic mass is 10.1. The molecule has 0 spiro atoms. The van der Waals surface area contributed by atoms with Crippen LogP contribution in [0.2, 0.25) is 0 Å². The number of carboxylic acid groups (broad SMARTS) is 1. The molecular weight excluding hydrogens is 270 g/mol. The molecule has 2 atom stereocenters. The molecule has 1 aromatic carbocycles. The summed E-state index contributed by atoms with van der Waals surface area (Å²) < 4.78 is 5.75. The molecule has 5 nitrogen and oxygen atoms in total. The van der Waals surface area contributed by atoms with Gasteiger partial charge in [0.2, 0.25) is 0 Å². The molecule has 5 heteroatoms. The van der Waals surface area contributed by atoms with Crippen molar-refractivity contribution in [2.75, 3.05) is 6.54 Å². The zero-order chi connectivity index (χ0) is 15.2. The summed E-state index contributed by atoms with van der Waals surface area (Å²) in [6.45, 7) is 2.51. The van der Waals surface area contributed by atoms with Crippen LogP contribution in [0.15, 0.2) is 30.3 Å². The normalized spacial score (nSPS) is 19.3. The number of aliphatic carboxylic acids is 1. The third-order valence-corrected chi connectivity index (χ3v) is 3.74. The minimum Gasteiger partial charge on any atom is -0.481 e. The van der Waals surface area contributed by atoms with Gasteiger partial charge in [0.15, 0.2) is 6.10 Å². The highest BCUT2D eigenvalue weighted by Crippen LogP contribution is 2.23. The number of amides is 1. The molecule has 0 saturated carbocycles. The molecule has 0 aromatic heterocycles. The lowest BCUT2D eigenvalue weighted by Gasteiger charge is -2.28. The monoisotopic (exact) mass is 291 g/mol. The van der Waals surface area contributed by atoms with Crippen LogP contribution in [-0.4, -0.2) is 40.6 Å². The topological polar surface area (TPSA) is 66.8 Å². The van der Waals surface area contributed by atoms with Crippen LogP contribution in [-0.2, 0) is 9.59 Å². The number of hydrogen-bond donors (Lipinski definition) is 1. The highest BCUT2D eigenvalue weighted by Gasteiger charge is 2.34. The van der Waals surface area contributed by atoms with Gasteiger partial charge in [0.05, 0.1) is 6.42 Å². The van der Waals surface area contributed by atoms with Crippen LogP contribution in [0.3, 0.4) is 0 Å². The fraction of sp³-hybridized carbons (Fsp3) is 0.500. The van der Waals surface area contributed by atoms with Crippen molar-refractivity contribution in [1.82, 2.24) is 4.90 Å². The Labute approximate surface area is 124 Å². The number of ether oxygens (including phenoxy) is 1. The average Bonchev–Trinajstić information content (AvgIpc) is 2.92. The molecule has 21 heavy (non-hydrogen) atoms. The first kappa shape index (κ1) is 15.4. The smallest absolute Gasteiger partial charge is 0.305 e. The van der Waals surface area contributed by atoms with Gasteiger partial charge in [-0.1, -0.05) is 25.1 Å². The SMILES string of the molecule is CCC(Oc1ccccc1)C(=O)N1CCCC1CC(=O)O. The van der Waals surface area contributed by atoms with Gasteiger partial charge in [0.25, 0.3) is 5.91 Å². The Morgan fingerprint density at radius 2 is 2.10 bits per heavy atom. The highest BCUT2D eigenvalue weighted by molar-refractivity contribution is 5.82. The van der Waals surface area contributed by atoms with Crippen LogP contribution >= 0.6 is 0 Å². The van der Waals surface area contributed by atoms with Gasteiger partial charge in [0.1, 0.15) is 5.75 Å². The fourth-order valence-corrected chi connectivity index (χ4v) is 2.70. The molecule has 1 aliphatic heterocycles. The summed E-state index contributed by atoms with van der Waals surface area (Å²) in [6, 6.07) is 9.02. The number of carboxylic acids is 1. The third-order valence-electron chi connectivity index (χ3n) is 3.74. The first-order chi connectivity index (χ1) is 10.1. The lowest BCUT2D eigenvalue weighted by molar-refractivity contribution is -0.143. The maximum atomic E-state index is 12.6. The molecule has 2 unspecified atom stereocenters. The number of carbonyl (C=O) groups is 2. The summed E-state index contributed by atoms with van der Waals surface area (Å²) in [5.74, 6) is -0.312. The van der Waals surface area contributed by atoms with Crippen molar-refractivity contribution in [1.29, 1.82) is 0 Å². The number of nitrogens with zero attached hydrogens (tertiary/aromatic N) is 1. The molecular formula is C16H21NO4. The van der Waals surface area contributed by atoms with E-state index in [4.69, 9.17) is 9.84 Å². The Bertz CT molecular complexity index is 488. The summed E-state index contributed by atoms with van der Waals surface area (Å²) in [4.78, 5) is 25.1. The molecule has 0 aliphatic carbocycles. The number of para-hydroxylation sites is 1. The van der Waals surface area contributed by atoms with Crippen molar-refractivity contribution in [3.05, 3.63) is 30.3 Å². The van der Waals surface area contributed by atoms with Crippen LogP contribution in [0, 0.1) is 0 Å². The van der Waals surface area contributed by atoms with E-state index in [-0.39, 0.29) is 18.4 Å². The van der Waals surface area contributed by atoms with Gasteiger partial charge in [0, 0.05) is 12.6 Å². The van der Waals surface area contributed by atoms with E-state index in [1.165, 1.54) is 0 Å². The lowest BCUT2D eigenvalue weighted by Crippen LogP contribution is -2.44. The van der Waals surface area contributed by atoms with Crippen LogP contribution in [0.25, 0.3) is 0 Å². The fourth-order valence-electron chi connectivity index (χ4n) is 2.70. The Morgan fingerprint density at radius 3 is 2.71 bits per heavy atom. The van der Waals surface area contributed by atoms with E-state index in [2.05, 4.69) is 0 Å². The van der Waals surface area contributed by atoms with E-state index in [1.54, 1.807) is 4.90 Å². The second-order valence-corrected chi connectivity index (χ2v) is 5.25. The van der Waals surface area contributed by atoms with Crippen molar-refractivity contribution < 1.29 is 19.4 Å². The van der Waals surface area contributed by atoms with Crippen molar-refractivity contribution in [3.8, 4) is 5.75 Å². The van der Waals surface area contributed by atoms with Crippen LogP contribution in [0.5, 0.6) is 5.75 Å². The summed E-state index contributed by atoms with van der Waals surface area (Å²) in [5, 5.41) is 8.94. The number of likely N-dealkylation sites (tertiary alicyclic amines) is 1. The zero-order valence-corrected chi connectivity index (χ0v) is 12.2. The Morgan fingerprint density at radius 1 is 1.38 bits per heavy atom. The Hall–Kier alpha value is -2.04. The number of benzene rings is 1. The predicted octanol–water partition coefficient (Wildman–Crippen LogP) is 2.31. The summed E-state index contributed by atoms with van der Waals surface area (Å²) >= 11 is 0. The van der Waals surface area contributed by atoms with E-state index in [0.29, 0.717) is 18.7 Å². The van der Waals surface area contributed by atoms with Crippen LogP contribution < -0.4 is 4.74 Å². The van der Waals surface area contributed by atoms with E-state index in [1.807, 2.05) is 37.3 Å². The van der Waals surface area contributed by atoms with Crippen molar-refractivity contribution in [3.63, 3.8) is 0 Å². The predicted molar refractivity (Wildman–Crippen MR) is 78.1 cm³/mol. The first-order valence-electron chi connectivity index (χ1n) is 7.35. The van der Waals surface area contributed by atoms with Gasteiger partial charge in [-0.2, -0.15) is 0 Å². The molecule has 1 aliphatic rings. The van der Waals surface area contributed by atoms with Gasteiger partial charge in [-0.3, -0.25) is 9.59 Å². The van der Waals surface area contributed by atoms with E-state index < -0.39 is 12.1 Å². The van der Waals surface area contributed by atoms with Gasteiger partial charge >= 0.3 is 5.97 Å². The number of carbonyl (C=O) groups excluding carboxylic acids is 1. The molecule has 1 amide bonds. The summed E-state index contributed by atoms with van der Waals surface area (Å²) in [7, 11) is 0. The molecule has 1 fully saturated rings. The molecule has 0 bridgehead atoms. The third kappa shape index (κ3) is 3.97. The first-order valence-corrected chi connectivity index (χ1v) is 7.35. The largest absolute Gasteiger partial charge is 0.481 e. The van der Waals surface area contributed by atoms with Crippen LogP contribution in [0.1, 0.15) is 32.6 Å². The number of hydrogen-bond acceptors (Lipinski definition) is 3. The standard InChI is InChI=1S/C16H21NO4/c1-2-14(21-13-8-4-3-5-9-13)16(20)17-10-6-7-12(17)11-15(18)19/h3-5,8-9,12,14H,2,6-7,10-11H2,1H3,(H,18,19). The van der Waals surface area contributed by atoms with Crippen molar-refractivity contribution >= 4 is 11.9 Å². The molecule has 0 radical (unpaired) electrons. The molecule has 1 aromatic rings. The minimum atomic E-state index is -0.864. The molecule has 2 rings (SSSR count). The molecule has 1 N–H and O–H groups in total. The summed E-state index contributed by atoms with van der Waals surface area (Å²) in [6.07, 6.45) is 1.62. The number of rotatable bonds is 6. The van der Waals surface area contributed by atoms with Gasteiger partial charge in [-0.05, 0) is 31.4 Å². The van der Waals surface area contributed by atoms with Gasteiger partial charge in [-0.25, -0.2) is 0 Å². The quantitative estimate of drug-likeness (QED) is 0.873. The van der Waals surface area contributed by atoms with Gasteiger partial charge < -0.3 is 14.7 Å². The molecule has 1 heterocycles. The average molecular weight is 291 g/mol. The second kappa shape index (κ2) is 7.11. The Balaban J connectivity index is 2.03. The summed E-state index contributed by atoms with van der Waals surface area (Å²) in [5.41, 5.74) is 0. The Kier molecular flexibility index (Phi) is 5.20. The minimum absolute atomic E-state index is 0.00745. The van der Waals surface area contributed by atoms with E-state index >= 15 is 0 Å². The second-order valence-electron chi connectivity index (χ2n) is 5.25. The van der Waals surface area contributed by atoms with E-state index in [9.17, 15) is 9.59 Å². The molecule has 1 saturated heterocycles. The van der Waals surface area contributed by atoms with E-state index in [0.717, 1.165) is 12.8 Å².